The molecule has 0 unspecified atom stereocenters. The summed E-state index contributed by atoms with van der Waals surface area (Å²) in [5.74, 6) is 0.535. The highest BCUT2D eigenvalue weighted by molar-refractivity contribution is 5.87. The van der Waals surface area contributed by atoms with Crippen molar-refractivity contribution < 1.29 is 14.3 Å². The van der Waals surface area contributed by atoms with Crippen LogP contribution in [0.3, 0.4) is 0 Å². The average molecular weight is 359 g/mol. The third-order valence-electron chi connectivity index (χ3n) is 3.60. The Morgan fingerprint density at radius 1 is 0.885 bits per heavy atom. The lowest BCUT2D eigenvalue weighted by Crippen LogP contribution is -2.22. The molecule has 3 N–H and O–H groups in total. The zero-order chi connectivity index (χ0) is 19.0. The van der Waals surface area contributed by atoms with Crippen LogP contribution < -0.4 is 20.7 Å². The molecule has 1 aromatic rings. The highest BCUT2D eigenvalue weighted by Crippen LogP contribution is 2.23. The lowest BCUT2D eigenvalue weighted by Gasteiger charge is -2.13. The summed E-state index contributed by atoms with van der Waals surface area (Å²) < 4.78 is 5.83. The first-order valence-electron chi connectivity index (χ1n) is 8.93. The van der Waals surface area contributed by atoms with Gasteiger partial charge in [-0.3, -0.25) is 9.59 Å². The minimum Gasteiger partial charge on any atom is -0.491 e. The number of ether oxygens (including phenoxy) is 1. The van der Waals surface area contributed by atoms with Crippen molar-refractivity contribution in [3.05, 3.63) is 49.6 Å². The number of nitrogens with one attached hydrogen (secondary N) is 3. The summed E-state index contributed by atoms with van der Waals surface area (Å²) in [5, 5.41) is 8.86. The van der Waals surface area contributed by atoms with E-state index < -0.39 is 0 Å². The van der Waals surface area contributed by atoms with Crippen molar-refractivity contribution in [3.8, 4) is 5.75 Å². The minimum atomic E-state index is -0.149. The maximum atomic E-state index is 11.0. The van der Waals surface area contributed by atoms with E-state index in [1.807, 2.05) is 24.3 Å². The van der Waals surface area contributed by atoms with Gasteiger partial charge in [0.2, 0.25) is 11.8 Å². The molecular formula is C20H29N3O3. The molecule has 0 atom stereocenters. The van der Waals surface area contributed by atoms with Gasteiger partial charge < -0.3 is 20.7 Å². The van der Waals surface area contributed by atoms with Crippen molar-refractivity contribution in [1.82, 2.24) is 10.6 Å². The molecule has 0 aliphatic carbocycles. The predicted octanol–water partition coefficient (Wildman–Crippen LogP) is 2.64. The predicted molar refractivity (Wildman–Crippen MR) is 105 cm³/mol. The molecule has 1 rings (SSSR count). The standard InChI is InChI=1S/C20H29N3O3/c1-3-19(24)22-14-8-7-13-21-17-11-5-6-12-18(17)26-16-10-9-15-23-20(25)4-2/h3-6,11-12,21H,1-2,7-10,13-16H2,(H,22,24)(H,23,25). The number of hydrogen-bond donors (Lipinski definition) is 3. The summed E-state index contributed by atoms with van der Waals surface area (Å²) in [5.41, 5.74) is 0.961. The summed E-state index contributed by atoms with van der Waals surface area (Å²) in [6.07, 6.45) is 6.09. The van der Waals surface area contributed by atoms with E-state index in [1.165, 1.54) is 12.2 Å². The van der Waals surface area contributed by atoms with E-state index in [0.29, 0.717) is 19.7 Å². The zero-order valence-corrected chi connectivity index (χ0v) is 15.3. The van der Waals surface area contributed by atoms with E-state index in [2.05, 4.69) is 29.1 Å². The molecule has 0 saturated heterocycles. The third kappa shape index (κ3) is 9.52. The molecule has 0 fully saturated rings. The van der Waals surface area contributed by atoms with Crippen LogP contribution in [-0.4, -0.2) is 38.1 Å². The molecule has 1 aromatic carbocycles. The molecule has 6 nitrogen and oxygen atoms in total. The highest BCUT2D eigenvalue weighted by atomic mass is 16.5. The zero-order valence-electron chi connectivity index (χ0n) is 15.3. The summed E-state index contributed by atoms with van der Waals surface area (Å²) in [4.78, 5) is 22.1. The Morgan fingerprint density at radius 3 is 2.12 bits per heavy atom. The molecule has 0 spiro atoms. The summed E-state index contributed by atoms with van der Waals surface area (Å²) in [6.45, 7) is 9.49. The summed E-state index contributed by atoms with van der Waals surface area (Å²) in [6, 6.07) is 7.82. The van der Waals surface area contributed by atoms with Gasteiger partial charge in [0, 0.05) is 19.6 Å². The van der Waals surface area contributed by atoms with Crippen LogP contribution in [0.4, 0.5) is 5.69 Å². The first-order chi connectivity index (χ1) is 12.7. The lowest BCUT2D eigenvalue weighted by atomic mass is 10.2. The van der Waals surface area contributed by atoms with E-state index in [1.54, 1.807) is 0 Å². The quantitative estimate of drug-likeness (QED) is 0.352. The van der Waals surface area contributed by atoms with Gasteiger partial charge in [-0.15, -0.1) is 0 Å². The van der Waals surface area contributed by atoms with Gasteiger partial charge in [-0.05, 0) is 50.0 Å². The highest BCUT2D eigenvalue weighted by Gasteiger charge is 2.02. The Kier molecular flexibility index (Phi) is 11.1. The maximum Gasteiger partial charge on any atom is 0.243 e. The van der Waals surface area contributed by atoms with Crippen LogP contribution in [0.15, 0.2) is 49.6 Å². The second-order valence-corrected chi connectivity index (χ2v) is 5.68. The number of rotatable bonds is 14. The van der Waals surface area contributed by atoms with Crippen LogP contribution in [0.25, 0.3) is 0 Å². The number of benzene rings is 1. The van der Waals surface area contributed by atoms with Gasteiger partial charge >= 0.3 is 0 Å². The number of amides is 2. The van der Waals surface area contributed by atoms with Crippen LogP contribution in [0.1, 0.15) is 25.7 Å². The van der Waals surface area contributed by atoms with Crippen LogP contribution in [0, 0.1) is 0 Å². The van der Waals surface area contributed by atoms with E-state index in [0.717, 1.165) is 43.7 Å². The Balaban J connectivity index is 2.21. The number of unbranched alkanes of at least 4 members (excludes halogenated alkanes) is 2. The largest absolute Gasteiger partial charge is 0.491 e. The van der Waals surface area contributed by atoms with Crippen molar-refractivity contribution >= 4 is 17.5 Å². The van der Waals surface area contributed by atoms with Gasteiger partial charge in [0.05, 0.1) is 12.3 Å². The molecule has 0 radical (unpaired) electrons. The fraction of sp³-hybridized carbons (Fsp3) is 0.400. The van der Waals surface area contributed by atoms with E-state index >= 15 is 0 Å². The molecule has 0 bridgehead atoms. The molecule has 26 heavy (non-hydrogen) atoms. The van der Waals surface area contributed by atoms with E-state index in [9.17, 15) is 9.59 Å². The number of carbonyl (C=O) groups excluding carboxylic acids is 2. The Morgan fingerprint density at radius 2 is 1.46 bits per heavy atom. The van der Waals surface area contributed by atoms with Gasteiger partial charge in [0.15, 0.2) is 0 Å². The van der Waals surface area contributed by atoms with Crippen LogP contribution in [0.2, 0.25) is 0 Å². The second kappa shape index (κ2) is 13.5. The van der Waals surface area contributed by atoms with Gasteiger partial charge in [-0.2, -0.15) is 0 Å². The van der Waals surface area contributed by atoms with Crippen molar-refractivity contribution in [3.63, 3.8) is 0 Å². The molecular weight excluding hydrogens is 330 g/mol. The first-order valence-corrected chi connectivity index (χ1v) is 8.93. The lowest BCUT2D eigenvalue weighted by molar-refractivity contribution is -0.117. The van der Waals surface area contributed by atoms with Crippen LogP contribution in [-0.2, 0) is 9.59 Å². The first kappa shape index (κ1) is 21.3. The van der Waals surface area contributed by atoms with Gasteiger partial charge in [-0.25, -0.2) is 0 Å². The van der Waals surface area contributed by atoms with Crippen molar-refractivity contribution in [2.75, 3.05) is 31.6 Å². The molecule has 0 saturated carbocycles. The van der Waals surface area contributed by atoms with Gasteiger partial charge in [0.1, 0.15) is 5.75 Å². The van der Waals surface area contributed by atoms with Gasteiger partial charge in [0.25, 0.3) is 0 Å². The Bertz CT molecular complexity index is 536. The monoisotopic (exact) mass is 359 g/mol. The van der Waals surface area contributed by atoms with Crippen molar-refractivity contribution in [1.29, 1.82) is 0 Å². The van der Waals surface area contributed by atoms with E-state index in [4.69, 9.17) is 4.74 Å². The molecule has 0 aliphatic heterocycles. The normalized spacial score (nSPS) is 9.85. The molecule has 142 valence electrons. The SMILES string of the molecule is C=CC(=O)NCCCCNc1ccccc1OCCCCNC(=O)C=C. The third-order valence-corrected chi connectivity index (χ3v) is 3.60. The van der Waals surface area contributed by atoms with E-state index in [-0.39, 0.29) is 11.8 Å². The van der Waals surface area contributed by atoms with Crippen molar-refractivity contribution in [2.24, 2.45) is 0 Å². The molecule has 2 amide bonds. The fourth-order valence-corrected chi connectivity index (χ4v) is 2.19. The Hall–Kier alpha value is -2.76. The minimum absolute atomic E-state index is 0.138. The number of para-hydroxylation sites is 2. The number of anilines is 1. The van der Waals surface area contributed by atoms with Crippen LogP contribution >= 0.6 is 0 Å². The molecule has 0 aromatic heterocycles. The number of hydrogen-bond acceptors (Lipinski definition) is 4. The Labute approximate surface area is 155 Å². The molecule has 6 heteroatoms. The topological polar surface area (TPSA) is 79.5 Å². The molecule has 0 heterocycles. The maximum absolute atomic E-state index is 11.0. The average Bonchev–Trinajstić information content (AvgIpc) is 2.67. The summed E-state index contributed by atoms with van der Waals surface area (Å²) >= 11 is 0. The second-order valence-electron chi connectivity index (χ2n) is 5.68. The summed E-state index contributed by atoms with van der Waals surface area (Å²) in [7, 11) is 0. The van der Waals surface area contributed by atoms with Gasteiger partial charge in [-0.1, -0.05) is 25.3 Å². The fourth-order valence-electron chi connectivity index (χ4n) is 2.19. The smallest absolute Gasteiger partial charge is 0.243 e. The van der Waals surface area contributed by atoms with Crippen LogP contribution in [0.5, 0.6) is 5.75 Å². The van der Waals surface area contributed by atoms with Crippen molar-refractivity contribution in [2.45, 2.75) is 25.7 Å². The number of carbonyl (C=O) groups is 2. The molecule has 0 aliphatic rings.